The highest BCUT2D eigenvalue weighted by Crippen LogP contribution is 2.44. The fraction of sp³-hybridized carbons (Fsp3) is 0.692. The molecule has 0 spiro atoms. The van der Waals surface area contributed by atoms with E-state index in [4.69, 9.17) is 4.74 Å². The Hall–Kier alpha value is -0.560. The number of methoxy groups -OCH3 is 1. The Balaban J connectivity index is 2.77. The zero-order chi connectivity index (χ0) is 10.4. The average molecular weight is 194 g/mol. The van der Waals surface area contributed by atoms with Crippen molar-refractivity contribution < 1.29 is 4.74 Å². The molecule has 1 aliphatic carbocycles. The van der Waals surface area contributed by atoms with Gasteiger partial charge in [0, 0.05) is 12.5 Å². The molecule has 1 fully saturated rings. The van der Waals surface area contributed by atoms with Gasteiger partial charge in [-0.15, -0.1) is 13.2 Å². The molecular weight excluding hydrogens is 172 g/mol. The number of allylic oxidation sites excluding steroid dienone is 2. The predicted octanol–water partition coefficient (Wildman–Crippen LogP) is 3.71. The lowest BCUT2D eigenvalue weighted by atomic mass is 9.67. The highest BCUT2D eigenvalue weighted by molar-refractivity contribution is 4.98. The lowest BCUT2D eigenvalue weighted by molar-refractivity contribution is -0.0403. The molecule has 0 heterocycles. The van der Waals surface area contributed by atoms with Gasteiger partial charge < -0.3 is 4.74 Å². The highest BCUT2D eigenvalue weighted by Gasteiger charge is 2.38. The number of hydrogen-bond donors (Lipinski definition) is 0. The molecule has 0 saturated heterocycles. The van der Waals surface area contributed by atoms with Crippen LogP contribution in [-0.2, 0) is 4.74 Å². The SMILES string of the molecule is C=CCC1(CC=C)CCCC[C@@H]1OC. The van der Waals surface area contributed by atoms with Gasteiger partial charge in [-0.1, -0.05) is 25.0 Å². The smallest absolute Gasteiger partial charge is 0.0633 e. The van der Waals surface area contributed by atoms with E-state index in [-0.39, 0.29) is 5.41 Å². The van der Waals surface area contributed by atoms with Gasteiger partial charge >= 0.3 is 0 Å². The van der Waals surface area contributed by atoms with Crippen molar-refractivity contribution in [3.63, 3.8) is 0 Å². The summed E-state index contributed by atoms with van der Waals surface area (Å²) < 4.78 is 5.62. The average Bonchev–Trinajstić information content (AvgIpc) is 2.19. The van der Waals surface area contributed by atoms with Gasteiger partial charge in [0.2, 0.25) is 0 Å². The van der Waals surface area contributed by atoms with Crippen LogP contribution in [0.4, 0.5) is 0 Å². The van der Waals surface area contributed by atoms with Gasteiger partial charge in [0.05, 0.1) is 6.10 Å². The molecule has 0 aromatic rings. The molecule has 0 bridgehead atoms. The van der Waals surface area contributed by atoms with Crippen LogP contribution in [0.15, 0.2) is 25.3 Å². The van der Waals surface area contributed by atoms with Crippen LogP contribution in [0, 0.1) is 5.41 Å². The van der Waals surface area contributed by atoms with Gasteiger partial charge in [0.25, 0.3) is 0 Å². The van der Waals surface area contributed by atoms with Gasteiger partial charge in [-0.3, -0.25) is 0 Å². The van der Waals surface area contributed by atoms with Crippen LogP contribution >= 0.6 is 0 Å². The summed E-state index contributed by atoms with van der Waals surface area (Å²) in [6, 6.07) is 0. The Morgan fingerprint density at radius 3 is 2.43 bits per heavy atom. The van der Waals surface area contributed by atoms with Crippen LogP contribution < -0.4 is 0 Å². The quantitative estimate of drug-likeness (QED) is 0.606. The van der Waals surface area contributed by atoms with E-state index >= 15 is 0 Å². The first-order chi connectivity index (χ1) is 6.79. The molecule has 1 rings (SSSR count). The molecule has 0 amide bonds. The molecule has 1 heteroatoms. The number of hydrogen-bond acceptors (Lipinski definition) is 1. The summed E-state index contributed by atoms with van der Waals surface area (Å²) in [5.41, 5.74) is 0.288. The second kappa shape index (κ2) is 5.35. The van der Waals surface area contributed by atoms with Gasteiger partial charge in [0.1, 0.15) is 0 Å². The van der Waals surface area contributed by atoms with Crippen LogP contribution in [0.3, 0.4) is 0 Å². The van der Waals surface area contributed by atoms with Crippen molar-refractivity contribution in [1.29, 1.82) is 0 Å². The molecular formula is C13H22O. The second-order valence-corrected chi connectivity index (χ2v) is 4.32. The lowest BCUT2D eigenvalue weighted by Gasteiger charge is -2.42. The molecule has 0 aromatic carbocycles. The molecule has 0 aromatic heterocycles. The minimum Gasteiger partial charge on any atom is -0.381 e. The van der Waals surface area contributed by atoms with Crippen molar-refractivity contribution in [3.05, 3.63) is 25.3 Å². The van der Waals surface area contributed by atoms with Crippen LogP contribution in [0.1, 0.15) is 38.5 Å². The van der Waals surface area contributed by atoms with Crippen molar-refractivity contribution in [2.24, 2.45) is 5.41 Å². The monoisotopic (exact) mass is 194 g/mol. The summed E-state index contributed by atoms with van der Waals surface area (Å²) in [5.74, 6) is 0. The Morgan fingerprint density at radius 2 is 1.93 bits per heavy atom. The summed E-state index contributed by atoms with van der Waals surface area (Å²) >= 11 is 0. The van der Waals surface area contributed by atoms with E-state index < -0.39 is 0 Å². The number of ether oxygens (including phenoxy) is 1. The highest BCUT2D eigenvalue weighted by atomic mass is 16.5. The van der Waals surface area contributed by atoms with Gasteiger partial charge in [-0.2, -0.15) is 0 Å². The molecule has 80 valence electrons. The summed E-state index contributed by atoms with van der Waals surface area (Å²) in [6.45, 7) is 7.72. The molecule has 14 heavy (non-hydrogen) atoms. The van der Waals surface area contributed by atoms with Gasteiger partial charge in [0.15, 0.2) is 0 Å². The Morgan fingerprint density at radius 1 is 1.29 bits per heavy atom. The summed E-state index contributed by atoms with van der Waals surface area (Å²) in [5, 5.41) is 0. The van der Waals surface area contributed by atoms with Crippen LogP contribution in [0.25, 0.3) is 0 Å². The summed E-state index contributed by atoms with van der Waals surface area (Å²) in [6.07, 6.45) is 11.6. The van der Waals surface area contributed by atoms with Crippen molar-refractivity contribution >= 4 is 0 Å². The molecule has 1 atom stereocenters. The summed E-state index contributed by atoms with van der Waals surface area (Å²) in [4.78, 5) is 0. The van der Waals surface area contributed by atoms with Gasteiger partial charge in [-0.25, -0.2) is 0 Å². The molecule has 0 unspecified atom stereocenters. The third kappa shape index (κ3) is 2.27. The molecule has 1 aliphatic rings. The van der Waals surface area contributed by atoms with E-state index in [0.29, 0.717) is 6.10 Å². The predicted molar refractivity (Wildman–Crippen MR) is 61.3 cm³/mol. The standard InChI is InChI=1S/C13H22O/c1-4-9-13(10-5-2)11-7-6-8-12(13)14-3/h4-5,12H,1-2,6-11H2,3H3/t12-/m0/s1. The molecule has 0 N–H and O–H groups in total. The molecule has 0 radical (unpaired) electrons. The first kappa shape index (κ1) is 11.5. The van der Waals surface area contributed by atoms with Crippen molar-refractivity contribution in [1.82, 2.24) is 0 Å². The number of rotatable bonds is 5. The maximum Gasteiger partial charge on any atom is 0.0633 e. The third-order valence-electron chi connectivity index (χ3n) is 3.46. The maximum atomic E-state index is 5.62. The van der Waals surface area contributed by atoms with E-state index in [1.165, 1.54) is 25.7 Å². The topological polar surface area (TPSA) is 9.23 Å². The minimum atomic E-state index is 0.288. The van der Waals surface area contributed by atoms with E-state index in [2.05, 4.69) is 13.2 Å². The Kier molecular flexibility index (Phi) is 4.40. The summed E-state index contributed by atoms with van der Waals surface area (Å²) in [7, 11) is 1.83. The van der Waals surface area contributed by atoms with Crippen LogP contribution in [-0.4, -0.2) is 13.2 Å². The van der Waals surface area contributed by atoms with Crippen molar-refractivity contribution in [3.8, 4) is 0 Å². The largest absolute Gasteiger partial charge is 0.381 e. The van der Waals surface area contributed by atoms with E-state index in [9.17, 15) is 0 Å². The van der Waals surface area contributed by atoms with E-state index in [1.807, 2.05) is 19.3 Å². The van der Waals surface area contributed by atoms with Gasteiger partial charge in [-0.05, 0) is 25.7 Å². The lowest BCUT2D eigenvalue weighted by Crippen LogP contribution is -2.38. The molecule has 1 saturated carbocycles. The van der Waals surface area contributed by atoms with E-state index in [1.54, 1.807) is 0 Å². The zero-order valence-electron chi connectivity index (χ0n) is 9.30. The second-order valence-electron chi connectivity index (χ2n) is 4.32. The fourth-order valence-electron chi connectivity index (χ4n) is 2.77. The first-order valence-corrected chi connectivity index (χ1v) is 5.53. The zero-order valence-corrected chi connectivity index (χ0v) is 9.30. The maximum absolute atomic E-state index is 5.62. The van der Waals surface area contributed by atoms with Crippen LogP contribution in [0.5, 0.6) is 0 Å². The van der Waals surface area contributed by atoms with E-state index in [0.717, 1.165) is 12.8 Å². The van der Waals surface area contributed by atoms with Crippen LogP contribution in [0.2, 0.25) is 0 Å². The Labute approximate surface area is 87.8 Å². The molecule has 0 aliphatic heterocycles. The van der Waals surface area contributed by atoms with Crippen molar-refractivity contribution in [2.45, 2.75) is 44.6 Å². The first-order valence-electron chi connectivity index (χ1n) is 5.53. The minimum absolute atomic E-state index is 0.288. The Bertz CT molecular complexity index is 185. The third-order valence-corrected chi connectivity index (χ3v) is 3.46. The fourth-order valence-corrected chi connectivity index (χ4v) is 2.77. The normalized spacial score (nSPS) is 25.6. The molecule has 1 nitrogen and oxygen atoms in total. The van der Waals surface area contributed by atoms with Crippen molar-refractivity contribution in [2.75, 3.05) is 7.11 Å².